The van der Waals surface area contributed by atoms with E-state index in [0.717, 1.165) is 34.6 Å². The zero-order valence-corrected chi connectivity index (χ0v) is 16.0. The first-order chi connectivity index (χ1) is 12.0. The number of halogens is 1. The number of hydrogen-bond donors (Lipinski definition) is 1. The molecule has 1 aromatic heterocycles. The molecule has 0 aliphatic carbocycles. The second-order valence-electron chi connectivity index (χ2n) is 5.76. The van der Waals surface area contributed by atoms with Gasteiger partial charge >= 0.3 is 0 Å². The number of benzene rings is 2. The highest BCUT2D eigenvalue weighted by molar-refractivity contribution is 7.22. The van der Waals surface area contributed by atoms with Crippen LogP contribution in [0.3, 0.4) is 0 Å². The topological polar surface area (TPSA) is 45.2 Å². The molecule has 6 heteroatoms. The fraction of sp³-hybridized carbons (Fsp3) is 0.263. The van der Waals surface area contributed by atoms with Gasteiger partial charge in [-0.2, -0.15) is 0 Å². The van der Waals surface area contributed by atoms with E-state index in [9.17, 15) is 4.79 Å². The molecule has 4 nitrogen and oxygen atoms in total. The number of thiazole rings is 1. The van der Waals surface area contributed by atoms with Crippen molar-refractivity contribution in [2.24, 2.45) is 0 Å². The van der Waals surface area contributed by atoms with Crippen molar-refractivity contribution < 1.29 is 4.79 Å². The average Bonchev–Trinajstić information content (AvgIpc) is 2.99. The van der Waals surface area contributed by atoms with Gasteiger partial charge in [-0.1, -0.05) is 22.9 Å². The number of hydrogen-bond acceptors (Lipinski definition) is 4. The third-order valence-corrected chi connectivity index (χ3v) is 5.26. The van der Waals surface area contributed by atoms with E-state index in [1.165, 1.54) is 11.3 Å². The minimum absolute atomic E-state index is 0.158. The van der Waals surface area contributed by atoms with Gasteiger partial charge < -0.3 is 4.90 Å². The van der Waals surface area contributed by atoms with Gasteiger partial charge in [0.2, 0.25) is 0 Å². The smallest absolute Gasteiger partial charge is 0.257 e. The lowest BCUT2D eigenvalue weighted by Crippen LogP contribution is -2.21. The largest absolute Gasteiger partial charge is 0.372 e. The van der Waals surface area contributed by atoms with E-state index >= 15 is 0 Å². The van der Waals surface area contributed by atoms with Crippen LogP contribution in [-0.4, -0.2) is 24.0 Å². The second-order valence-corrected chi connectivity index (χ2v) is 7.23. The number of carbonyl (C=O) groups is 1. The number of nitrogens with zero attached hydrogens (tertiary/aromatic N) is 2. The molecule has 0 saturated carbocycles. The first kappa shape index (κ1) is 17.7. The van der Waals surface area contributed by atoms with Crippen LogP contribution in [0.4, 0.5) is 10.8 Å². The Hall–Kier alpha value is -2.11. The number of amides is 1. The molecule has 1 heterocycles. The van der Waals surface area contributed by atoms with Crippen LogP contribution < -0.4 is 10.2 Å². The zero-order valence-electron chi connectivity index (χ0n) is 14.5. The Balaban J connectivity index is 1.79. The van der Waals surface area contributed by atoms with Gasteiger partial charge in [-0.25, -0.2) is 4.98 Å². The standard InChI is InChI=1S/C19H20ClN3OS/c1-4-23(5-2)15-8-6-13(7-9-15)18(24)22-19-21-17-12(3)10-14(20)11-16(17)25-19/h6-11H,4-5H2,1-3H3,(H,21,22,24). The molecular formula is C19H20ClN3OS. The summed E-state index contributed by atoms with van der Waals surface area (Å²) in [6.07, 6.45) is 0. The molecule has 0 atom stereocenters. The Morgan fingerprint density at radius 2 is 1.88 bits per heavy atom. The Morgan fingerprint density at radius 1 is 1.20 bits per heavy atom. The van der Waals surface area contributed by atoms with Gasteiger partial charge in [0.1, 0.15) is 0 Å². The SMILES string of the molecule is CCN(CC)c1ccc(C(=O)Nc2nc3c(C)cc(Cl)cc3s2)cc1. The minimum Gasteiger partial charge on any atom is -0.372 e. The number of anilines is 2. The van der Waals surface area contributed by atoms with Crippen molar-refractivity contribution in [1.82, 2.24) is 4.98 Å². The molecule has 1 amide bonds. The van der Waals surface area contributed by atoms with Crippen molar-refractivity contribution in [3.05, 3.63) is 52.5 Å². The maximum Gasteiger partial charge on any atom is 0.257 e. The molecule has 3 aromatic rings. The van der Waals surface area contributed by atoms with Crippen molar-refractivity contribution in [3.8, 4) is 0 Å². The fourth-order valence-corrected chi connectivity index (χ4v) is 4.11. The van der Waals surface area contributed by atoms with Crippen LogP contribution in [0.1, 0.15) is 29.8 Å². The summed E-state index contributed by atoms with van der Waals surface area (Å²) < 4.78 is 0.970. The van der Waals surface area contributed by atoms with Crippen molar-refractivity contribution >= 4 is 49.9 Å². The summed E-state index contributed by atoms with van der Waals surface area (Å²) in [4.78, 5) is 19.2. The Morgan fingerprint density at radius 3 is 2.52 bits per heavy atom. The third kappa shape index (κ3) is 3.78. The maximum absolute atomic E-state index is 12.5. The molecule has 1 N–H and O–H groups in total. The van der Waals surface area contributed by atoms with Crippen molar-refractivity contribution in [2.45, 2.75) is 20.8 Å². The van der Waals surface area contributed by atoms with E-state index < -0.39 is 0 Å². The number of carbonyl (C=O) groups excluding carboxylic acids is 1. The molecule has 0 aliphatic heterocycles. The summed E-state index contributed by atoms with van der Waals surface area (Å²) in [6.45, 7) is 8.08. The summed E-state index contributed by atoms with van der Waals surface area (Å²) in [5, 5.41) is 4.14. The van der Waals surface area contributed by atoms with E-state index in [0.29, 0.717) is 15.7 Å². The molecule has 2 aromatic carbocycles. The fourth-order valence-electron chi connectivity index (χ4n) is 2.79. The monoisotopic (exact) mass is 373 g/mol. The van der Waals surface area contributed by atoms with Crippen LogP contribution in [0.25, 0.3) is 10.2 Å². The first-order valence-corrected chi connectivity index (χ1v) is 9.44. The van der Waals surface area contributed by atoms with Gasteiger partial charge in [-0.05, 0) is 62.7 Å². The average molecular weight is 374 g/mol. The predicted molar refractivity (Wildman–Crippen MR) is 107 cm³/mol. The zero-order chi connectivity index (χ0) is 18.0. The van der Waals surface area contributed by atoms with E-state index in [4.69, 9.17) is 11.6 Å². The molecular weight excluding hydrogens is 354 g/mol. The summed E-state index contributed by atoms with van der Waals surface area (Å²) >= 11 is 7.51. The van der Waals surface area contributed by atoms with E-state index in [1.807, 2.05) is 43.3 Å². The molecule has 0 bridgehead atoms. The van der Waals surface area contributed by atoms with Gasteiger partial charge in [0.05, 0.1) is 10.2 Å². The van der Waals surface area contributed by atoms with Gasteiger partial charge in [0.25, 0.3) is 5.91 Å². The lowest BCUT2D eigenvalue weighted by atomic mass is 10.2. The van der Waals surface area contributed by atoms with Crippen molar-refractivity contribution in [2.75, 3.05) is 23.3 Å². The lowest BCUT2D eigenvalue weighted by Gasteiger charge is -2.20. The number of aryl methyl sites for hydroxylation is 1. The molecule has 0 saturated heterocycles. The van der Waals surface area contributed by atoms with Crippen LogP contribution in [0.15, 0.2) is 36.4 Å². The number of rotatable bonds is 5. The Labute approximate surface area is 156 Å². The minimum atomic E-state index is -0.158. The third-order valence-electron chi connectivity index (χ3n) is 4.13. The highest BCUT2D eigenvalue weighted by Gasteiger charge is 2.12. The molecule has 0 fully saturated rings. The van der Waals surface area contributed by atoms with E-state index in [1.54, 1.807) is 0 Å². The van der Waals surface area contributed by atoms with Crippen LogP contribution in [0.5, 0.6) is 0 Å². The molecule has 0 radical (unpaired) electrons. The van der Waals surface area contributed by atoms with Gasteiger partial charge in [-0.15, -0.1) is 0 Å². The van der Waals surface area contributed by atoms with Gasteiger partial charge in [0.15, 0.2) is 5.13 Å². The van der Waals surface area contributed by atoms with Crippen molar-refractivity contribution in [3.63, 3.8) is 0 Å². The molecule has 3 rings (SSSR count). The first-order valence-electron chi connectivity index (χ1n) is 8.24. The second kappa shape index (κ2) is 7.42. The highest BCUT2D eigenvalue weighted by atomic mass is 35.5. The van der Waals surface area contributed by atoms with E-state index in [2.05, 4.69) is 29.0 Å². The number of nitrogens with one attached hydrogen (secondary N) is 1. The predicted octanol–water partition coefficient (Wildman–Crippen LogP) is 5.36. The number of fused-ring (bicyclic) bond motifs is 1. The normalized spacial score (nSPS) is 10.9. The molecule has 25 heavy (non-hydrogen) atoms. The van der Waals surface area contributed by atoms with Gasteiger partial charge in [-0.3, -0.25) is 10.1 Å². The maximum atomic E-state index is 12.5. The summed E-state index contributed by atoms with van der Waals surface area (Å²) in [5.74, 6) is -0.158. The summed E-state index contributed by atoms with van der Waals surface area (Å²) in [6, 6.07) is 11.4. The van der Waals surface area contributed by atoms with Crippen molar-refractivity contribution in [1.29, 1.82) is 0 Å². The van der Waals surface area contributed by atoms with Crippen LogP contribution >= 0.6 is 22.9 Å². The van der Waals surface area contributed by atoms with Crippen LogP contribution in [0, 0.1) is 6.92 Å². The van der Waals surface area contributed by atoms with Crippen LogP contribution in [0.2, 0.25) is 5.02 Å². The van der Waals surface area contributed by atoms with Gasteiger partial charge in [0, 0.05) is 29.4 Å². The molecule has 130 valence electrons. The van der Waals surface area contributed by atoms with E-state index in [-0.39, 0.29) is 5.91 Å². The Bertz CT molecular complexity index is 901. The lowest BCUT2D eigenvalue weighted by molar-refractivity contribution is 0.102. The molecule has 0 unspecified atom stereocenters. The molecule has 0 aliphatic rings. The summed E-state index contributed by atoms with van der Waals surface area (Å²) in [5.41, 5.74) is 3.61. The molecule has 0 spiro atoms. The highest BCUT2D eigenvalue weighted by Crippen LogP contribution is 2.31. The summed E-state index contributed by atoms with van der Waals surface area (Å²) in [7, 11) is 0. The number of aromatic nitrogens is 1. The van der Waals surface area contributed by atoms with Crippen LogP contribution in [-0.2, 0) is 0 Å². The quantitative estimate of drug-likeness (QED) is 0.655. The Kier molecular flexibility index (Phi) is 5.25.